The van der Waals surface area contributed by atoms with E-state index < -0.39 is 0 Å². The molecule has 0 spiro atoms. The molecular weight excluding hydrogens is 362 g/mol. The van der Waals surface area contributed by atoms with Gasteiger partial charge in [-0.15, -0.1) is 11.3 Å². The number of esters is 1. The van der Waals surface area contributed by atoms with E-state index in [0.29, 0.717) is 42.4 Å². The molecule has 2 rings (SSSR count). The number of aryl methyl sites for hydroxylation is 1. The molecule has 1 heterocycles. The van der Waals surface area contributed by atoms with Crippen molar-refractivity contribution in [1.82, 2.24) is 4.90 Å². The van der Waals surface area contributed by atoms with Gasteiger partial charge in [-0.1, -0.05) is 13.8 Å². The van der Waals surface area contributed by atoms with E-state index in [9.17, 15) is 14.9 Å². The van der Waals surface area contributed by atoms with Crippen LogP contribution in [0.15, 0.2) is 0 Å². The summed E-state index contributed by atoms with van der Waals surface area (Å²) in [5.74, 6) is 0.118. The number of carbonyl (C=O) groups excluding carboxylic acids is 2. The summed E-state index contributed by atoms with van der Waals surface area (Å²) in [5, 5.41) is 13.1. The van der Waals surface area contributed by atoms with Crippen LogP contribution < -0.4 is 5.32 Å². The molecule has 0 atom stereocenters. The number of nitriles is 1. The van der Waals surface area contributed by atoms with E-state index in [2.05, 4.69) is 30.1 Å². The Labute approximate surface area is 165 Å². The Morgan fingerprint density at radius 1 is 1.26 bits per heavy atom. The molecule has 0 saturated heterocycles. The highest BCUT2D eigenvalue weighted by Crippen LogP contribution is 2.37. The molecule has 0 fully saturated rings. The number of ether oxygens (including phenoxy) is 1. The lowest BCUT2D eigenvalue weighted by molar-refractivity contribution is -0.141. The molecule has 6 nitrogen and oxygen atoms in total. The lowest BCUT2D eigenvalue weighted by atomic mass is 9.96. The summed E-state index contributed by atoms with van der Waals surface area (Å²) in [6.07, 6.45) is 4.84. The zero-order chi connectivity index (χ0) is 19.8. The van der Waals surface area contributed by atoms with Crippen LogP contribution in [0.3, 0.4) is 0 Å². The number of anilines is 1. The van der Waals surface area contributed by atoms with Crippen LogP contribution >= 0.6 is 11.3 Å². The van der Waals surface area contributed by atoms with Gasteiger partial charge in [0.2, 0.25) is 5.91 Å². The monoisotopic (exact) mass is 391 g/mol. The molecule has 27 heavy (non-hydrogen) atoms. The minimum absolute atomic E-state index is 0.0862. The fraction of sp³-hybridized carbons (Fsp3) is 0.650. The van der Waals surface area contributed by atoms with Gasteiger partial charge < -0.3 is 15.0 Å². The summed E-state index contributed by atoms with van der Waals surface area (Å²) < 4.78 is 4.70. The number of fused-ring (bicyclic) bond motifs is 1. The fourth-order valence-electron chi connectivity index (χ4n) is 3.38. The Morgan fingerprint density at radius 2 is 1.96 bits per heavy atom. The van der Waals surface area contributed by atoms with Gasteiger partial charge in [0.05, 0.1) is 19.1 Å². The van der Waals surface area contributed by atoms with Crippen molar-refractivity contribution in [2.75, 3.05) is 32.1 Å². The van der Waals surface area contributed by atoms with Gasteiger partial charge in [-0.3, -0.25) is 9.59 Å². The first-order valence-corrected chi connectivity index (χ1v) is 10.4. The third kappa shape index (κ3) is 6.33. The van der Waals surface area contributed by atoms with Gasteiger partial charge in [0.15, 0.2) is 0 Å². The number of rotatable bonds is 9. The molecule has 0 bridgehead atoms. The second-order valence-corrected chi connectivity index (χ2v) is 8.45. The van der Waals surface area contributed by atoms with Crippen LogP contribution in [0.4, 0.5) is 5.00 Å². The van der Waals surface area contributed by atoms with E-state index >= 15 is 0 Å². The SMILES string of the molecule is COC(=O)CCN(CCC(=O)Nc1sc2c(c1C#N)CCCC2)CC(C)C. The number of amides is 1. The smallest absolute Gasteiger partial charge is 0.306 e. The van der Waals surface area contributed by atoms with Gasteiger partial charge in [0.25, 0.3) is 0 Å². The number of methoxy groups -OCH3 is 1. The highest BCUT2D eigenvalue weighted by molar-refractivity contribution is 7.16. The average Bonchev–Trinajstić information content (AvgIpc) is 3.00. The Hall–Kier alpha value is -1.91. The van der Waals surface area contributed by atoms with Crippen molar-refractivity contribution in [2.24, 2.45) is 5.92 Å². The van der Waals surface area contributed by atoms with E-state index in [1.54, 1.807) is 11.3 Å². The first-order chi connectivity index (χ1) is 12.9. The molecule has 0 aromatic carbocycles. The van der Waals surface area contributed by atoms with Crippen molar-refractivity contribution >= 4 is 28.2 Å². The van der Waals surface area contributed by atoms with E-state index in [4.69, 9.17) is 4.74 Å². The number of nitrogens with zero attached hydrogens (tertiary/aromatic N) is 2. The standard InChI is InChI=1S/C20H29N3O3S/c1-14(2)13-23(11-9-19(25)26-3)10-8-18(24)22-20-16(12-21)15-6-4-5-7-17(15)27-20/h14H,4-11,13H2,1-3H3,(H,22,24). The summed E-state index contributed by atoms with van der Waals surface area (Å²) in [5.41, 5.74) is 1.77. The maximum atomic E-state index is 12.4. The van der Waals surface area contributed by atoms with Gasteiger partial charge in [-0.25, -0.2) is 0 Å². The molecule has 0 saturated carbocycles. The van der Waals surface area contributed by atoms with Crippen molar-refractivity contribution in [3.63, 3.8) is 0 Å². The van der Waals surface area contributed by atoms with Gasteiger partial charge in [-0.2, -0.15) is 5.26 Å². The minimum atomic E-state index is -0.240. The Balaban J connectivity index is 1.93. The van der Waals surface area contributed by atoms with Crippen molar-refractivity contribution in [3.05, 3.63) is 16.0 Å². The molecule has 1 aromatic rings. The average molecular weight is 392 g/mol. The lowest BCUT2D eigenvalue weighted by Gasteiger charge is -2.23. The van der Waals surface area contributed by atoms with Crippen molar-refractivity contribution in [2.45, 2.75) is 52.4 Å². The fourth-order valence-corrected chi connectivity index (χ4v) is 4.64. The predicted molar refractivity (Wildman–Crippen MR) is 107 cm³/mol. The van der Waals surface area contributed by atoms with Crippen LogP contribution in [0, 0.1) is 17.2 Å². The second-order valence-electron chi connectivity index (χ2n) is 7.35. The molecule has 0 radical (unpaired) electrons. The minimum Gasteiger partial charge on any atom is -0.469 e. The number of carbonyl (C=O) groups is 2. The molecular formula is C20H29N3O3S. The summed E-state index contributed by atoms with van der Waals surface area (Å²) in [6.45, 7) is 6.20. The normalized spacial score (nSPS) is 13.3. The quantitative estimate of drug-likeness (QED) is 0.653. The van der Waals surface area contributed by atoms with Crippen LogP contribution in [0.5, 0.6) is 0 Å². The highest BCUT2D eigenvalue weighted by atomic mass is 32.1. The molecule has 1 N–H and O–H groups in total. The van der Waals surface area contributed by atoms with Crippen LogP contribution in [0.25, 0.3) is 0 Å². The van der Waals surface area contributed by atoms with E-state index in [-0.39, 0.29) is 11.9 Å². The molecule has 0 aliphatic heterocycles. The third-order valence-corrected chi connectivity index (χ3v) is 5.88. The summed E-state index contributed by atoms with van der Waals surface area (Å²) >= 11 is 1.55. The molecule has 1 amide bonds. The first-order valence-electron chi connectivity index (χ1n) is 9.58. The number of hydrogen-bond acceptors (Lipinski definition) is 6. The van der Waals surface area contributed by atoms with Crippen LogP contribution in [0.2, 0.25) is 0 Å². The van der Waals surface area contributed by atoms with Gasteiger partial charge in [0, 0.05) is 30.9 Å². The molecule has 1 aliphatic rings. The topological polar surface area (TPSA) is 82.4 Å². The van der Waals surface area contributed by atoms with Crippen LogP contribution in [-0.2, 0) is 27.2 Å². The van der Waals surface area contributed by atoms with Gasteiger partial charge >= 0.3 is 5.97 Å². The van der Waals surface area contributed by atoms with Crippen molar-refractivity contribution < 1.29 is 14.3 Å². The zero-order valence-electron chi connectivity index (χ0n) is 16.5. The second kappa shape index (κ2) is 10.4. The van der Waals surface area contributed by atoms with E-state index in [1.165, 1.54) is 12.0 Å². The summed E-state index contributed by atoms with van der Waals surface area (Å²) in [4.78, 5) is 27.2. The number of nitrogens with one attached hydrogen (secondary N) is 1. The van der Waals surface area contributed by atoms with E-state index in [1.807, 2.05) is 0 Å². The Morgan fingerprint density at radius 3 is 2.63 bits per heavy atom. The van der Waals surface area contributed by atoms with Crippen LogP contribution in [-0.4, -0.2) is 43.5 Å². The molecule has 0 unspecified atom stereocenters. The summed E-state index contributed by atoms with van der Waals surface area (Å²) in [6, 6.07) is 2.27. The van der Waals surface area contributed by atoms with Gasteiger partial charge in [-0.05, 0) is 37.2 Å². The first kappa shape index (κ1) is 21.4. The van der Waals surface area contributed by atoms with E-state index in [0.717, 1.165) is 37.8 Å². The molecule has 1 aliphatic carbocycles. The maximum Gasteiger partial charge on any atom is 0.306 e. The molecule has 1 aromatic heterocycles. The summed E-state index contributed by atoms with van der Waals surface area (Å²) in [7, 11) is 1.38. The van der Waals surface area contributed by atoms with Gasteiger partial charge in [0.1, 0.15) is 11.1 Å². The number of hydrogen-bond donors (Lipinski definition) is 1. The lowest BCUT2D eigenvalue weighted by Crippen LogP contribution is -2.33. The third-order valence-electron chi connectivity index (χ3n) is 4.67. The molecule has 148 valence electrons. The Bertz CT molecular complexity index is 706. The maximum absolute atomic E-state index is 12.4. The predicted octanol–water partition coefficient (Wildman–Crippen LogP) is 3.35. The zero-order valence-corrected chi connectivity index (χ0v) is 17.3. The van der Waals surface area contributed by atoms with Crippen LogP contribution in [0.1, 0.15) is 55.5 Å². The Kier molecular flexibility index (Phi) is 8.26. The number of thiophene rings is 1. The van der Waals surface area contributed by atoms with Crippen molar-refractivity contribution in [3.8, 4) is 6.07 Å². The molecule has 7 heteroatoms. The van der Waals surface area contributed by atoms with Crippen molar-refractivity contribution in [1.29, 1.82) is 5.26 Å². The largest absolute Gasteiger partial charge is 0.469 e. The highest BCUT2D eigenvalue weighted by Gasteiger charge is 2.22.